The van der Waals surface area contributed by atoms with Crippen molar-refractivity contribution in [1.29, 1.82) is 0 Å². The second-order valence-electron chi connectivity index (χ2n) is 12.9. The Morgan fingerprint density at radius 1 is 0.907 bits per heavy atom. The Balaban J connectivity index is 1.56. The van der Waals surface area contributed by atoms with Gasteiger partial charge in [0.1, 0.15) is 6.04 Å². The molecule has 1 N–H and O–H groups in total. The normalized spacial score (nSPS) is 17.1. The number of esters is 1. The number of methoxy groups -OCH3 is 1. The second-order valence-corrected chi connectivity index (χ2v) is 16.4. The minimum atomic E-state index is -0.651. The summed E-state index contributed by atoms with van der Waals surface area (Å²) in [6.07, 6.45) is 23.5. The van der Waals surface area contributed by atoms with E-state index in [9.17, 15) is 9.59 Å². The molecule has 0 heterocycles. The molecule has 2 aromatic carbocycles. The molecule has 2 aliphatic carbocycles. The lowest BCUT2D eigenvalue weighted by atomic mass is 9.87. The zero-order chi connectivity index (χ0) is 30.4. The number of thioether (sulfide) groups is 1. The number of carbonyl (C=O) groups is 2. The minimum absolute atomic E-state index is 0.0964. The lowest BCUT2D eigenvalue weighted by molar-refractivity contribution is -0.142. The average molecular weight is 624 g/mol. The molecule has 0 spiro atoms. The standard InChI is InChI=1S/C37H54NO3PS/c1-28-12-10-11-17-32(28)34-26-31(18-19-33(34)36(39)38-35(22-25-43-3)37(40)41-2)27-42(23-20-29-13-6-4-7-14-29)24-21-30-15-8-5-9-16-30/h10-12,17-19,26,29-30,35H,4-9,13-16,20-25,27H2,1-3H3,(H,38,39). The van der Waals surface area contributed by atoms with Crippen LogP contribution in [0.15, 0.2) is 42.5 Å². The zero-order valence-corrected chi connectivity index (χ0v) is 28.6. The first kappa shape index (κ1) is 34.0. The molecule has 1 unspecified atom stereocenters. The lowest BCUT2D eigenvalue weighted by Crippen LogP contribution is -2.42. The molecular weight excluding hydrogens is 569 g/mol. The summed E-state index contributed by atoms with van der Waals surface area (Å²) in [5, 5.41) is 3.00. The van der Waals surface area contributed by atoms with E-state index in [1.807, 2.05) is 24.5 Å². The smallest absolute Gasteiger partial charge is 0.328 e. The van der Waals surface area contributed by atoms with Gasteiger partial charge in [-0.1, -0.05) is 94.5 Å². The Morgan fingerprint density at radius 2 is 1.53 bits per heavy atom. The molecule has 0 bridgehead atoms. The van der Waals surface area contributed by atoms with Crippen LogP contribution in [0.1, 0.15) is 105 Å². The average Bonchev–Trinajstić information content (AvgIpc) is 3.05. The minimum Gasteiger partial charge on any atom is -0.467 e. The van der Waals surface area contributed by atoms with Crippen molar-refractivity contribution in [2.75, 3.05) is 31.4 Å². The molecule has 2 fully saturated rings. The van der Waals surface area contributed by atoms with E-state index in [2.05, 4.69) is 36.5 Å². The van der Waals surface area contributed by atoms with Crippen LogP contribution in [0.5, 0.6) is 0 Å². The van der Waals surface area contributed by atoms with E-state index in [0.29, 0.717) is 12.0 Å². The summed E-state index contributed by atoms with van der Waals surface area (Å²) in [6.45, 7) is 2.11. The highest BCUT2D eigenvalue weighted by atomic mass is 32.2. The number of nitrogens with one attached hydrogen (secondary N) is 1. The molecule has 2 aromatic rings. The fraction of sp³-hybridized carbons (Fsp3) is 0.622. The third kappa shape index (κ3) is 10.6. The topological polar surface area (TPSA) is 55.4 Å². The van der Waals surface area contributed by atoms with Gasteiger partial charge in [-0.15, -0.1) is 7.92 Å². The molecule has 236 valence electrons. The molecule has 0 aromatic heterocycles. The highest BCUT2D eigenvalue weighted by Gasteiger charge is 2.25. The first-order valence-electron chi connectivity index (χ1n) is 16.8. The maximum Gasteiger partial charge on any atom is 0.328 e. The van der Waals surface area contributed by atoms with Crippen molar-refractivity contribution in [3.8, 4) is 11.1 Å². The van der Waals surface area contributed by atoms with Crippen molar-refractivity contribution in [2.45, 2.75) is 103 Å². The Hall–Kier alpha value is -1.84. The van der Waals surface area contributed by atoms with Gasteiger partial charge >= 0.3 is 5.97 Å². The van der Waals surface area contributed by atoms with Crippen molar-refractivity contribution in [3.05, 3.63) is 59.2 Å². The highest BCUT2D eigenvalue weighted by Crippen LogP contribution is 2.45. The number of carbonyl (C=O) groups excluding carboxylic acids is 2. The van der Waals surface area contributed by atoms with Crippen LogP contribution in [-0.4, -0.2) is 49.4 Å². The third-order valence-corrected chi connectivity index (χ3v) is 13.0. The van der Waals surface area contributed by atoms with Crippen LogP contribution in [0.2, 0.25) is 0 Å². The van der Waals surface area contributed by atoms with Crippen LogP contribution in [0.4, 0.5) is 0 Å². The second kappa shape index (κ2) is 18.2. The van der Waals surface area contributed by atoms with E-state index >= 15 is 0 Å². The number of aryl methyl sites for hydroxylation is 1. The van der Waals surface area contributed by atoms with E-state index in [0.717, 1.165) is 40.4 Å². The van der Waals surface area contributed by atoms with Gasteiger partial charge in [-0.25, -0.2) is 4.79 Å². The number of amides is 1. The van der Waals surface area contributed by atoms with Crippen molar-refractivity contribution in [2.24, 2.45) is 11.8 Å². The summed E-state index contributed by atoms with van der Waals surface area (Å²) in [5.41, 5.74) is 5.18. The van der Waals surface area contributed by atoms with E-state index in [1.54, 1.807) is 11.8 Å². The monoisotopic (exact) mass is 623 g/mol. The Morgan fingerprint density at radius 3 is 2.12 bits per heavy atom. The van der Waals surface area contributed by atoms with Crippen LogP contribution in [0.3, 0.4) is 0 Å². The molecule has 1 amide bonds. The van der Waals surface area contributed by atoms with E-state index in [1.165, 1.54) is 102 Å². The van der Waals surface area contributed by atoms with Crippen molar-refractivity contribution in [3.63, 3.8) is 0 Å². The fourth-order valence-electron chi connectivity index (χ4n) is 7.06. The lowest BCUT2D eigenvalue weighted by Gasteiger charge is -2.27. The van der Waals surface area contributed by atoms with Crippen LogP contribution >= 0.6 is 19.7 Å². The van der Waals surface area contributed by atoms with Gasteiger partial charge in [0.15, 0.2) is 0 Å². The molecular formula is C37H54NO3PS. The summed E-state index contributed by atoms with van der Waals surface area (Å²) in [4.78, 5) is 26.2. The van der Waals surface area contributed by atoms with Gasteiger partial charge in [-0.3, -0.25) is 4.79 Å². The summed E-state index contributed by atoms with van der Waals surface area (Å²) in [7, 11) is 1.29. The largest absolute Gasteiger partial charge is 0.467 e. The third-order valence-electron chi connectivity index (χ3n) is 9.73. The Bertz CT molecular complexity index is 1140. The van der Waals surface area contributed by atoms with Gasteiger partial charge in [0, 0.05) is 5.56 Å². The highest BCUT2D eigenvalue weighted by molar-refractivity contribution is 7.98. The van der Waals surface area contributed by atoms with Crippen LogP contribution in [0.25, 0.3) is 11.1 Å². The molecule has 4 rings (SSSR count). The maximum atomic E-state index is 13.7. The molecule has 1 atom stereocenters. The van der Waals surface area contributed by atoms with Gasteiger partial charge < -0.3 is 10.1 Å². The maximum absolute atomic E-state index is 13.7. The first-order valence-corrected chi connectivity index (χ1v) is 20.1. The van der Waals surface area contributed by atoms with E-state index in [-0.39, 0.29) is 13.8 Å². The number of ether oxygens (including phenoxy) is 1. The number of hydrogen-bond acceptors (Lipinski definition) is 4. The van der Waals surface area contributed by atoms with Gasteiger partial charge in [-0.05, 0) is 103 Å². The summed E-state index contributed by atoms with van der Waals surface area (Å²) >= 11 is 1.66. The van der Waals surface area contributed by atoms with Gasteiger partial charge in [0.25, 0.3) is 5.91 Å². The summed E-state index contributed by atoms with van der Waals surface area (Å²) in [5.74, 6) is 2.03. The predicted octanol–water partition coefficient (Wildman–Crippen LogP) is 9.61. The molecule has 6 heteroatoms. The Kier molecular flexibility index (Phi) is 14.4. The van der Waals surface area contributed by atoms with Crippen molar-refractivity contribution < 1.29 is 14.3 Å². The number of benzene rings is 2. The first-order chi connectivity index (χ1) is 21.0. The molecule has 4 nitrogen and oxygen atoms in total. The quantitative estimate of drug-likeness (QED) is 0.159. The van der Waals surface area contributed by atoms with E-state index in [4.69, 9.17) is 4.74 Å². The molecule has 0 aliphatic heterocycles. The summed E-state index contributed by atoms with van der Waals surface area (Å²) < 4.78 is 5.02. The van der Waals surface area contributed by atoms with Gasteiger partial charge in [-0.2, -0.15) is 11.8 Å². The molecule has 2 saturated carbocycles. The van der Waals surface area contributed by atoms with E-state index < -0.39 is 12.0 Å². The van der Waals surface area contributed by atoms with Crippen LogP contribution < -0.4 is 5.32 Å². The Labute approximate surface area is 266 Å². The summed E-state index contributed by atoms with van der Waals surface area (Å²) in [6, 6.07) is 14.1. The number of hydrogen-bond donors (Lipinski definition) is 1. The predicted molar refractivity (Wildman–Crippen MR) is 186 cm³/mol. The number of rotatable bonds is 15. The molecule has 2 aliphatic rings. The van der Waals surface area contributed by atoms with Crippen LogP contribution in [0, 0.1) is 18.8 Å². The SMILES string of the molecule is COC(=O)C(CCSC)NC(=O)c1ccc(CP(CCC2CCCCC2)CCC2CCCCC2)cc1-c1ccccc1C. The van der Waals surface area contributed by atoms with Crippen LogP contribution in [-0.2, 0) is 15.7 Å². The zero-order valence-electron chi connectivity index (χ0n) is 26.9. The molecule has 43 heavy (non-hydrogen) atoms. The molecule has 0 saturated heterocycles. The van der Waals surface area contributed by atoms with Crippen molar-refractivity contribution in [1.82, 2.24) is 5.32 Å². The van der Waals surface area contributed by atoms with Crippen molar-refractivity contribution >= 4 is 31.6 Å². The fourth-order valence-corrected chi connectivity index (χ4v) is 10.2. The van der Waals surface area contributed by atoms with Gasteiger partial charge in [0.05, 0.1) is 7.11 Å². The molecule has 0 radical (unpaired) electrons. The van der Waals surface area contributed by atoms with Gasteiger partial charge in [0.2, 0.25) is 0 Å².